The van der Waals surface area contributed by atoms with Crippen LogP contribution in [0.15, 0.2) is 58.7 Å². The fraction of sp³-hybridized carbons (Fsp3) is 0.174. The van der Waals surface area contributed by atoms with Crippen LogP contribution in [-0.2, 0) is 9.59 Å². The summed E-state index contributed by atoms with van der Waals surface area (Å²) < 4.78 is 0. The van der Waals surface area contributed by atoms with Crippen molar-refractivity contribution in [1.29, 1.82) is 0 Å². The molecule has 0 aliphatic carbocycles. The monoisotopic (exact) mass is 516 g/mol. The number of nitrogens with one attached hydrogen (secondary N) is 2. The van der Waals surface area contributed by atoms with Crippen LogP contribution >= 0.6 is 23.4 Å². The topological polar surface area (TPSA) is 149 Å². The van der Waals surface area contributed by atoms with E-state index in [1.807, 2.05) is 6.26 Å². The second-order valence-electron chi connectivity index (χ2n) is 7.03. The lowest BCUT2D eigenvalue weighted by Crippen LogP contribution is -2.43. The number of benzene rings is 2. The molecule has 184 valence electrons. The summed E-state index contributed by atoms with van der Waals surface area (Å²) in [5.74, 6) is 4.60. The number of amides is 2. The van der Waals surface area contributed by atoms with Crippen LogP contribution in [0.5, 0.6) is 0 Å². The molecule has 0 radical (unpaired) electrons. The van der Waals surface area contributed by atoms with E-state index in [0.29, 0.717) is 34.1 Å². The standard InChI is InChI=1S/C23H25ClN6O4S/c1-26-27-14-30(25)20-9-6-17(24)13-16(20)5-10-21(31)29-19(11-12-35-2)22(32)28-18-7-3-15(4-8-18)23(33)34/h3-10,13-14,19H,1,11-12,25H2,2H3,(H,28,32)(H,29,31)(H,33,34)/b10-5+,27-14-/t19-/m0/s1. The van der Waals surface area contributed by atoms with Gasteiger partial charge < -0.3 is 15.7 Å². The predicted octanol–water partition coefficient (Wildman–Crippen LogP) is 3.25. The third-order valence-electron chi connectivity index (χ3n) is 4.58. The number of rotatable bonds is 12. The molecule has 2 aromatic rings. The summed E-state index contributed by atoms with van der Waals surface area (Å²) in [6, 6.07) is 9.83. The lowest BCUT2D eigenvalue weighted by Gasteiger charge is -2.18. The summed E-state index contributed by atoms with van der Waals surface area (Å²) in [6.45, 7) is 3.25. The maximum Gasteiger partial charge on any atom is 0.335 e. The number of hydrazine groups is 1. The van der Waals surface area contributed by atoms with Crippen LogP contribution in [0.25, 0.3) is 6.08 Å². The van der Waals surface area contributed by atoms with Crippen molar-refractivity contribution in [2.75, 3.05) is 22.3 Å². The van der Waals surface area contributed by atoms with Crippen molar-refractivity contribution >= 4 is 71.7 Å². The number of carboxylic acids is 1. The minimum atomic E-state index is -1.06. The lowest BCUT2D eigenvalue weighted by molar-refractivity contribution is -0.123. The molecule has 0 heterocycles. The highest BCUT2D eigenvalue weighted by atomic mass is 35.5. The normalized spacial score (nSPS) is 11.9. The number of carboxylic acid groups (broad SMARTS) is 1. The van der Waals surface area contributed by atoms with Crippen molar-refractivity contribution in [3.05, 3.63) is 64.7 Å². The third kappa shape index (κ3) is 8.89. The number of carbonyl (C=O) groups is 3. The van der Waals surface area contributed by atoms with Crippen molar-refractivity contribution in [3.63, 3.8) is 0 Å². The fourth-order valence-electron chi connectivity index (χ4n) is 2.86. The summed E-state index contributed by atoms with van der Waals surface area (Å²) in [4.78, 5) is 36.4. The van der Waals surface area contributed by atoms with Gasteiger partial charge in [0.1, 0.15) is 12.4 Å². The first-order chi connectivity index (χ1) is 16.7. The number of aromatic carboxylic acids is 1. The Kier molecular flexibility index (Phi) is 10.9. The molecule has 0 bridgehead atoms. The minimum Gasteiger partial charge on any atom is -0.478 e. The number of hydrogen-bond donors (Lipinski definition) is 4. The number of anilines is 2. The van der Waals surface area contributed by atoms with Crippen molar-refractivity contribution in [3.8, 4) is 0 Å². The summed E-state index contributed by atoms with van der Waals surface area (Å²) >= 11 is 7.62. The van der Waals surface area contributed by atoms with E-state index in [2.05, 4.69) is 27.6 Å². The number of thioether (sulfide) groups is 1. The zero-order chi connectivity index (χ0) is 25.8. The number of hydrogen-bond acceptors (Lipinski definition) is 7. The Morgan fingerprint density at radius 2 is 1.97 bits per heavy atom. The molecule has 0 saturated heterocycles. The Morgan fingerprint density at radius 1 is 1.26 bits per heavy atom. The van der Waals surface area contributed by atoms with Gasteiger partial charge in [0.05, 0.1) is 11.3 Å². The Hall–Kier alpha value is -3.67. The first-order valence-electron chi connectivity index (χ1n) is 10.2. The molecule has 0 saturated carbocycles. The van der Waals surface area contributed by atoms with Crippen molar-refractivity contribution in [1.82, 2.24) is 5.32 Å². The molecule has 2 amide bonds. The number of halogens is 1. The molecule has 10 nitrogen and oxygen atoms in total. The molecule has 1 atom stereocenters. The highest BCUT2D eigenvalue weighted by Gasteiger charge is 2.20. The number of nitrogens with two attached hydrogens (primary N) is 1. The Morgan fingerprint density at radius 3 is 2.60 bits per heavy atom. The van der Waals surface area contributed by atoms with Gasteiger partial charge in [0.15, 0.2) is 0 Å². The van der Waals surface area contributed by atoms with Gasteiger partial charge in [0, 0.05) is 29.1 Å². The van der Waals surface area contributed by atoms with E-state index >= 15 is 0 Å². The summed E-state index contributed by atoms with van der Waals surface area (Å²) in [5, 5.41) is 23.0. The van der Waals surface area contributed by atoms with Gasteiger partial charge in [-0.1, -0.05) is 11.6 Å². The molecule has 2 aromatic carbocycles. The average Bonchev–Trinajstić information content (AvgIpc) is 2.84. The van der Waals surface area contributed by atoms with E-state index < -0.39 is 23.8 Å². The molecule has 2 rings (SSSR count). The van der Waals surface area contributed by atoms with Gasteiger partial charge in [-0.3, -0.25) is 14.6 Å². The highest BCUT2D eigenvalue weighted by molar-refractivity contribution is 7.98. The summed E-state index contributed by atoms with van der Waals surface area (Å²) in [6.07, 6.45) is 6.32. The second-order valence-corrected chi connectivity index (χ2v) is 8.45. The summed E-state index contributed by atoms with van der Waals surface area (Å²) in [7, 11) is 0. The molecule has 35 heavy (non-hydrogen) atoms. The van der Waals surface area contributed by atoms with Gasteiger partial charge in [-0.25, -0.2) is 10.6 Å². The summed E-state index contributed by atoms with van der Waals surface area (Å²) in [5.41, 5.74) is 1.56. The molecule has 12 heteroatoms. The smallest absolute Gasteiger partial charge is 0.335 e. The minimum absolute atomic E-state index is 0.101. The van der Waals surface area contributed by atoms with Crippen molar-refractivity contribution in [2.24, 2.45) is 16.0 Å². The molecule has 0 aliphatic rings. The third-order valence-corrected chi connectivity index (χ3v) is 5.46. The molecule has 0 spiro atoms. The average molecular weight is 517 g/mol. The van der Waals surface area contributed by atoms with E-state index in [9.17, 15) is 14.4 Å². The van der Waals surface area contributed by atoms with Gasteiger partial charge in [0.25, 0.3) is 0 Å². The van der Waals surface area contributed by atoms with Crippen molar-refractivity contribution < 1.29 is 19.5 Å². The SMILES string of the molecule is C=N/N=C\N(N)c1ccc(Cl)cc1/C=C/C(=O)N[C@@H](CCSC)C(=O)Nc1ccc(C(=O)O)cc1. The molecule has 0 fully saturated rings. The van der Waals surface area contributed by atoms with E-state index in [0.717, 1.165) is 0 Å². The molecular weight excluding hydrogens is 492 g/mol. The maximum atomic E-state index is 12.8. The van der Waals surface area contributed by atoms with Crippen LogP contribution < -0.4 is 21.5 Å². The van der Waals surface area contributed by atoms with E-state index in [-0.39, 0.29) is 5.56 Å². The van der Waals surface area contributed by atoms with Crippen molar-refractivity contribution in [2.45, 2.75) is 12.5 Å². The largest absolute Gasteiger partial charge is 0.478 e. The zero-order valence-corrected chi connectivity index (χ0v) is 20.4. The maximum absolute atomic E-state index is 12.8. The van der Waals surface area contributed by atoms with E-state index in [4.69, 9.17) is 22.6 Å². The highest BCUT2D eigenvalue weighted by Crippen LogP contribution is 2.23. The van der Waals surface area contributed by atoms with Crippen LogP contribution in [0.3, 0.4) is 0 Å². The van der Waals surface area contributed by atoms with Gasteiger partial charge in [-0.05, 0) is 67.0 Å². The number of carbonyl (C=O) groups excluding carboxylic acids is 2. The van der Waals surface area contributed by atoms with Crippen LogP contribution in [-0.4, -0.2) is 54.0 Å². The fourth-order valence-corrected chi connectivity index (χ4v) is 3.52. The van der Waals surface area contributed by atoms with Gasteiger partial charge >= 0.3 is 5.97 Å². The zero-order valence-electron chi connectivity index (χ0n) is 18.8. The van der Waals surface area contributed by atoms with Gasteiger partial charge in [0.2, 0.25) is 11.8 Å². The first-order valence-corrected chi connectivity index (χ1v) is 12.0. The lowest BCUT2D eigenvalue weighted by atomic mass is 10.1. The Labute approximate surface area is 211 Å². The van der Waals surface area contributed by atoms with Crippen LogP contribution in [0, 0.1) is 0 Å². The van der Waals surface area contributed by atoms with E-state index in [1.165, 1.54) is 59.5 Å². The number of nitrogens with zero attached hydrogens (tertiary/aromatic N) is 3. The molecule has 0 aliphatic heterocycles. The van der Waals surface area contributed by atoms with Crippen LogP contribution in [0.1, 0.15) is 22.3 Å². The molecule has 0 aromatic heterocycles. The Bertz CT molecular complexity index is 1120. The van der Waals surface area contributed by atoms with Crippen LogP contribution in [0.2, 0.25) is 5.02 Å². The second kappa shape index (κ2) is 13.9. The molecule has 0 unspecified atom stereocenters. The van der Waals surface area contributed by atoms with Gasteiger partial charge in [-0.15, -0.1) is 5.10 Å². The first kappa shape index (κ1) is 27.6. The molecule has 5 N–H and O–H groups in total. The predicted molar refractivity (Wildman–Crippen MR) is 142 cm³/mol. The van der Waals surface area contributed by atoms with E-state index in [1.54, 1.807) is 18.2 Å². The van der Waals surface area contributed by atoms with Crippen LogP contribution in [0.4, 0.5) is 11.4 Å². The van der Waals surface area contributed by atoms with Gasteiger partial charge in [-0.2, -0.15) is 16.9 Å². The Balaban J connectivity index is 2.14. The quantitative estimate of drug-likeness (QED) is 0.111. The molecular formula is C23H25ClN6O4S.